The van der Waals surface area contributed by atoms with Crippen molar-refractivity contribution >= 4 is 22.6 Å². The molecule has 162 valence electrons. The highest BCUT2D eigenvalue weighted by Gasteiger charge is 2.36. The number of fused-ring (bicyclic) bond motifs is 1. The van der Waals surface area contributed by atoms with Gasteiger partial charge in [0.05, 0.1) is 28.1 Å². The van der Waals surface area contributed by atoms with Crippen LogP contribution in [-0.2, 0) is 6.18 Å². The Morgan fingerprint density at radius 2 is 1.94 bits per heavy atom. The number of benzene rings is 2. The number of alkyl halides is 3. The molecule has 0 spiro atoms. The molecule has 31 heavy (non-hydrogen) atoms. The summed E-state index contributed by atoms with van der Waals surface area (Å²) in [6, 6.07) is 7.19. The van der Waals surface area contributed by atoms with Gasteiger partial charge >= 0.3 is 12.1 Å². The maximum absolute atomic E-state index is 13.9. The number of nitrogens with zero attached hydrogens (tertiary/aromatic N) is 1. The van der Waals surface area contributed by atoms with Crippen LogP contribution < -0.4 is 10.9 Å². The van der Waals surface area contributed by atoms with Gasteiger partial charge in [0.1, 0.15) is 5.82 Å². The number of rotatable bonds is 6. The van der Waals surface area contributed by atoms with E-state index in [-0.39, 0.29) is 27.9 Å². The Hall–Kier alpha value is -3.36. The summed E-state index contributed by atoms with van der Waals surface area (Å²) in [4.78, 5) is 30.5. The molecule has 1 aliphatic carbocycles. The molecule has 3 aromatic rings. The first-order valence-corrected chi connectivity index (χ1v) is 9.92. The van der Waals surface area contributed by atoms with Gasteiger partial charge in [-0.2, -0.15) is 13.2 Å². The van der Waals surface area contributed by atoms with Gasteiger partial charge in [-0.15, -0.1) is 0 Å². The number of H-pyrrole nitrogens is 1. The van der Waals surface area contributed by atoms with E-state index in [2.05, 4.69) is 15.3 Å². The van der Waals surface area contributed by atoms with E-state index in [0.717, 1.165) is 18.9 Å². The van der Waals surface area contributed by atoms with Gasteiger partial charge in [-0.1, -0.05) is 6.92 Å². The first kappa shape index (κ1) is 20.9. The molecule has 1 aromatic heterocycles. The molecule has 0 unspecified atom stereocenters. The largest absolute Gasteiger partial charge is 0.478 e. The van der Waals surface area contributed by atoms with Crippen LogP contribution in [0, 0.1) is 0 Å². The van der Waals surface area contributed by atoms with Crippen molar-refractivity contribution in [3.63, 3.8) is 0 Å². The highest BCUT2D eigenvalue weighted by molar-refractivity contribution is 5.88. The number of anilines is 1. The van der Waals surface area contributed by atoms with Crippen molar-refractivity contribution in [3.8, 4) is 0 Å². The van der Waals surface area contributed by atoms with Gasteiger partial charge in [0.2, 0.25) is 0 Å². The minimum absolute atomic E-state index is 0.0300. The molecule has 1 fully saturated rings. The van der Waals surface area contributed by atoms with E-state index in [4.69, 9.17) is 5.11 Å². The predicted octanol–water partition coefficient (Wildman–Crippen LogP) is 5.08. The lowest BCUT2D eigenvalue weighted by atomic mass is 9.95. The highest BCUT2D eigenvalue weighted by atomic mass is 19.4. The minimum atomic E-state index is -4.63. The van der Waals surface area contributed by atoms with Crippen LogP contribution in [0.4, 0.5) is 18.9 Å². The average molecular weight is 431 g/mol. The minimum Gasteiger partial charge on any atom is -0.478 e. The number of carboxylic acid groups (broad SMARTS) is 1. The molecule has 3 N–H and O–H groups in total. The fraction of sp³-hybridized carbons (Fsp3) is 0.318. The van der Waals surface area contributed by atoms with Gasteiger partial charge in [0.25, 0.3) is 5.56 Å². The summed E-state index contributed by atoms with van der Waals surface area (Å²) in [5, 5.41) is 12.1. The molecule has 1 aliphatic rings. The third-order valence-corrected chi connectivity index (χ3v) is 5.42. The van der Waals surface area contributed by atoms with E-state index in [1.54, 1.807) is 6.92 Å². The number of hydrogen-bond acceptors (Lipinski definition) is 4. The summed E-state index contributed by atoms with van der Waals surface area (Å²) in [7, 11) is 0. The molecule has 0 radical (unpaired) electrons. The first-order chi connectivity index (χ1) is 14.7. The van der Waals surface area contributed by atoms with Crippen molar-refractivity contribution in [2.45, 2.75) is 44.3 Å². The Morgan fingerprint density at radius 3 is 2.48 bits per heavy atom. The average Bonchev–Trinajstić information content (AvgIpc) is 3.56. The number of hydrogen-bond donors (Lipinski definition) is 3. The molecule has 9 heteroatoms. The normalized spacial score (nSPS) is 15.1. The predicted molar refractivity (Wildman–Crippen MR) is 109 cm³/mol. The number of aromatic nitrogens is 2. The molecule has 1 atom stereocenters. The van der Waals surface area contributed by atoms with Gasteiger partial charge in [-0.25, -0.2) is 9.78 Å². The Kier molecular flexibility index (Phi) is 5.20. The van der Waals surface area contributed by atoms with E-state index in [9.17, 15) is 22.8 Å². The maximum atomic E-state index is 13.9. The summed E-state index contributed by atoms with van der Waals surface area (Å²) in [5.41, 5.74) is -0.784. The van der Waals surface area contributed by atoms with Gasteiger partial charge in [-0.05, 0) is 61.2 Å². The zero-order chi connectivity index (χ0) is 22.3. The van der Waals surface area contributed by atoms with Crippen molar-refractivity contribution in [1.82, 2.24) is 9.97 Å². The zero-order valence-corrected chi connectivity index (χ0v) is 16.6. The smallest absolute Gasteiger partial charge is 0.416 e. The molecule has 4 rings (SSSR count). The Morgan fingerprint density at radius 1 is 1.26 bits per heavy atom. The topological polar surface area (TPSA) is 95.1 Å². The van der Waals surface area contributed by atoms with Crippen molar-refractivity contribution in [2.24, 2.45) is 0 Å². The molecule has 0 amide bonds. The first-order valence-electron chi connectivity index (χ1n) is 9.92. The van der Waals surface area contributed by atoms with Gasteiger partial charge in [0.15, 0.2) is 0 Å². The molecule has 0 aliphatic heterocycles. The van der Waals surface area contributed by atoms with Crippen LogP contribution in [0.25, 0.3) is 10.9 Å². The summed E-state index contributed by atoms with van der Waals surface area (Å²) in [5.74, 6) is -0.559. The number of halogens is 3. The van der Waals surface area contributed by atoms with Crippen LogP contribution in [-0.4, -0.2) is 21.0 Å². The monoisotopic (exact) mass is 431 g/mol. The molecule has 1 saturated carbocycles. The third kappa shape index (κ3) is 4.26. The molecule has 6 nitrogen and oxygen atoms in total. The molecule has 0 saturated heterocycles. The Labute approximate surface area is 175 Å². The van der Waals surface area contributed by atoms with E-state index in [1.165, 1.54) is 30.3 Å². The molecule has 2 aromatic carbocycles. The fourth-order valence-electron chi connectivity index (χ4n) is 3.61. The second-order valence-corrected chi connectivity index (χ2v) is 7.67. The summed E-state index contributed by atoms with van der Waals surface area (Å²) < 4.78 is 41.8. The second-order valence-electron chi connectivity index (χ2n) is 7.67. The van der Waals surface area contributed by atoms with Crippen molar-refractivity contribution in [2.75, 3.05) is 5.32 Å². The van der Waals surface area contributed by atoms with Gasteiger partial charge < -0.3 is 15.4 Å². The van der Waals surface area contributed by atoms with E-state index >= 15 is 0 Å². The summed E-state index contributed by atoms with van der Waals surface area (Å²) in [6.07, 6.45) is -2.60. The van der Waals surface area contributed by atoms with E-state index < -0.39 is 29.3 Å². The van der Waals surface area contributed by atoms with Crippen molar-refractivity contribution in [3.05, 3.63) is 69.3 Å². The summed E-state index contributed by atoms with van der Waals surface area (Å²) >= 11 is 0. The highest BCUT2D eigenvalue weighted by Crippen LogP contribution is 2.40. The van der Waals surface area contributed by atoms with Crippen molar-refractivity contribution < 1.29 is 23.1 Å². The Bertz CT molecular complexity index is 1200. The third-order valence-electron chi connectivity index (χ3n) is 5.42. The molecular formula is C22H20F3N3O3. The maximum Gasteiger partial charge on any atom is 0.416 e. The number of carboxylic acids is 1. The number of carbonyl (C=O) groups is 1. The Balaban J connectivity index is 1.79. The lowest BCUT2D eigenvalue weighted by molar-refractivity contribution is -0.138. The zero-order valence-electron chi connectivity index (χ0n) is 16.6. The molecule has 1 heterocycles. The van der Waals surface area contributed by atoms with Crippen molar-refractivity contribution in [1.29, 1.82) is 0 Å². The fourth-order valence-corrected chi connectivity index (χ4v) is 3.61. The summed E-state index contributed by atoms with van der Waals surface area (Å²) in [6.45, 7) is 1.73. The SMILES string of the molecule is CC[C@H](Nc1ccc(C(=O)O)cc1)c1cc2c(=O)[nH]c(C3CC3)nc2cc1C(F)(F)F. The van der Waals surface area contributed by atoms with Crippen LogP contribution >= 0.6 is 0 Å². The van der Waals surface area contributed by atoms with Gasteiger partial charge in [0, 0.05) is 11.6 Å². The lowest BCUT2D eigenvalue weighted by Crippen LogP contribution is -2.19. The second kappa shape index (κ2) is 7.72. The quantitative estimate of drug-likeness (QED) is 0.506. The number of aromatic amines is 1. The number of aromatic carboxylic acids is 1. The van der Waals surface area contributed by atoms with Crippen LogP contribution in [0.5, 0.6) is 0 Å². The molecular weight excluding hydrogens is 411 g/mol. The standard InChI is InChI=1S/C22H20F3N3O3/c1-2-17(26-13-7-5-12(6-8-13)21(30)31)14-9-15-18(10-16(14)22(23,24)25)27-19(11-3-4-11)28-20(15)29/h5-11,17,26H,2-4H2,1H3,(H,30,31)(H,27,28,29)/t17-/m0/s1. The van der Waals surface area contributed by atoms with E-state index in [0.29, 0.717) is 17.9 Å². The van der Waals surface area contributed by atoms with Crippen LogP contribution in [0.3, 0.4) is 0 Å². The van der Waals surface area contributed by atoms with Crippen LogP contribution in [0.1, 0.15) is 65.5 Å². The van der Waals surface area contributed by atoms with Crippen LogP contribution in [0.15, 0.2) is 41.2 Å². The van der Waals surface area contributed by atoms with E-state index in [1.807, 2.05) is 0 Å². The van der Waals surface area contributed by atoms with Gasteiger partial charge in [-0.3, -0.25) is 4.79 Å². The molecule has 0 bridgehead atoms. The number of nitrogens with one attached hydrogen (secondary N) is 2. The van der Waals surface area contributed by atoms with Crippen LogP contribution in [0.2, 0.25) is 0 Å². The lowest BCUT2D eigenvalue weighted by Gasteiger charge is -2.23.